The topological polar surface area (TPSA) is 56.8 Å². The van der Waals surface area contributed by atoms with Crippen molar-refractivity contribution in [3.05, 3.63) is 54.1 Å². The summed E-state index contributed by atoms with van der Waals surface area (Å²) in [5, 5.41) is 2.83. The molecule has 1 aliphatic rings. The quantitative estimate of drug-likeness (QED) is 0.596. The summed E-state index contributed by atoms with van der Waals surface area (Å²) in [7, 11) is 0. The van der Waals surface area contributed by atoms with Gasteiger partial charge in [-0.1, -0.05) is 31.5 Å². The van der Waals surface area contributed by atoms with E-state index in [4.69, 9.17) is 14.2 Å². The lowest BCUT2D eigenvalue weighted by Crippen LogP contribution is -2.16. The molecule has 0 fully saturated rings. The average Bonchev–Trinajstić information content (AvgIpc) is 2.67. The highest BCUT2D eigenvalue weighted by Crippen LogP contribution is 2.32. The van der Waals surface area contributed by atoms with Gasteiger partial charge in [0, 0.05) is 23.4 Å². The Labute approximate surface area is 153 Å². The van der Waals surface area contributed by atoms with Gasteiger partial charge in [-0.15, -0.1) is 0 Å². The molecule has 26 heavy (non-hydrogen) atoms. The molecule has 0 aromatic heterocycles. The molecule has 0 saturated carbocycles. The van der Waals surface area contributed by atoms with Crippen LogP contribution in [0.3, 0.4) is 0 Å². The van der Waals surface area contributed by atoms with E-state index in [0.717, 1.165) is 24.2 Å². The van der Waals surface area contributed by atoms with Crippen LogP contribution < -0.4 is 19.5 Å². The van der Waals surface area contributed by atoms with Crippen molar-refractivity contribution in [3.8, 4) is 17.2 Å². The molecule has 0 radical (unpaired) electrons. The van der Waals surface area contributed by atoms with Crippen LogP contribution in [0, 0.1) is 0 Å². The number of hydrogen-bond acceptors (Lipinski definition) is 4. The Morgan fingerprint density at radius 3 is 2.81 bits per heavy atom. The van der Waals surface area contributed by atoms with Gasteiger partial charge in [0.25, 0.3) is 0 Å². The van der Waals surface area contributed by atoms with Gasteiger partial charge in [0.1, 0.15) is 19.0 Å². The molecule has 2 aromatic carbocycles. The first kappa shape index (κ1) is 17.9. The van der Waals surface area contributed by atoms with Crippen molar-refractivity contribution in [2.45, 2.75) is 19.8 Å². The van der Waals surface area contributed by atoms with Gasteiger partial charge in [-0.2, -0.15) is 0 Å². The summed E-state index contributed by atoms with van der Waals surface area (Å²) in [6.07, 6.45) is 5.34. The molecule has 1 aliphatic heterocycles. The fraction of sp³-hybridized carbons (Fsp3) is 0.286. The van der Waals surface area contributed by atoms with Gasteiger partial charge in [-0.25, -0.2) is 0 Å². The van der Waals surface area contributed by atoms with Crippen LogP contribution in [0.5, 0.6) is 17.2 Å². The number of nitrogens with one attached hydrogen (secondary N) is 1. The molecule has 2 aromatic rings. The Morgan fingerprint density at radius 1 is 1.15 bits per heavy atom. The highest BCUT2D eigenvalue weighted by atomic mass is 16.6. The summed E-state index contributed by atoms with van der Waals surface area (Å²) in [4.78, 5) is 12.2. The van der Waals surface area contributed by atoms with Crippen LogP contribution in [-0.2, 0) is 4.79 Å². The maximum absolute atomic E-state index is 12.2. The zero-order chi connectivity index (χ0) is 18.2. The number of rotatable bonds is 7. The van der Waals surface area contributed by atoms with Crippen molar-refractivity contribution < 1.29 is 19.0 Å². The van der Waals surface area contributed by atoms with E-state index in [1.54, 1.807) is 24.3 Å². The predicted molar refractivity (Wildman–Crippen MR) is 102 cm³/mol. The first-order valence-electron chi connectivity index (χ1n) is 8.87. The molecule has 0 spiro atoms. The molecular weight excluding hydrogens is 330 g/mol. The number of unbranched alkanes of at least 4 members (excludes halogenated alkanes) is 1. The minimum absolute atomic E-state index is 0.218. The van der Waals surface area contributed by atoms with Crippen LogP contribution in [-0.4, -0.2) is 25.7 Å². The molecule has 1 N–H and O–H groups in total. The van der Waals surface area contributed by atoms with Crippen LogP contribution in [0.4, 0.5) is 5.69 Å². The van der Waals surface area contributed by atoms with E-state index in [1.807, 2.05) is 24.3 Å². The zero-order valence-corrected chi connectivity index (χ0v) is 14.9. The zero-order valence-electron chi connectivity index (χ0n) is 14.9. The van der Waals surface area contributed by atoms with Gasteiger partial charge in [0.15, 0.2) is 11.5 Å². The number of benzene rings is 2. The second-order valence-electron chi connectivity index (χ2n) is 5.92. The van der Waals surface area contributed by atoms with Gasteiger partial charge < -0.3 is 19.5 Å². The maximum atomic E-state index is 12.2. The third-order valence-electron chi connectivity index (χ3n) is 3.90. The van der Waals surface area contributed by atoms with Gasteiger partial charge >= 0.3 is 0 Å². The predicted octanol–water partition coefficient (Wildman–Crippen LogP) is 4.29. The lowest BCUT2D eigenvalue weighted by molar-refractivity contribution is -0.111. The fourth-order valence-electron chi connectivity index (χ4n) is 2.55. The minimum Gasteiger partial charge on any atom is -0.493 e. The van der Waals surface area contributed by atoms with E-state index in [9.17, 15) is 4.79 Å². The van der Waals surface area contributed by atoms with Gasteiger partial charge in [-0.3, -0.25) is 4.79 Å². The monoisotopic (exact) mass is 353 g/mol. The smallest absolute Gasteiger partial charge is 0.248 e. The number of para-hydroxylation sites is 1. The summed E-state index contributed by atoms with van der Waals surface area (Å²) in [5.74, 6) is 1.91. The van der Waals surface area contributed by atoms with E-state index in [2.05, 4.69) is 12.2 Å². The minimum atomic E-state index is -0.218. The first-order chi connectivity index (χ1) is 12.8. The Hall–Kier alpha value is -2.95. The number of hydrogen-bond donors (Lipinski definition) is 1. The summed E-state index contributed by atoms with van der Waals surface area (Å²) >= 11 is 0. The van der Waals surface area contributed by atoms with E-state index in [1.165, 1.54) is 6.08 Å². The van der Waals surface area contributed by atoms with Crippen LogP contribution in [0.15, 0.2) is 48.5 Å². The molecule has 1 amide bonds. The van der Waals surface area contributed by atoms with Gasteiger partial charge in [0.05, 0.1) is 6.61 Å². The van der Waals surface area contributed by atoms with Crippen molar-refractivity contribution in [2.75, 3.05) is 25.1 Å². The van der Waals surface area contributed by atoms with Crippen LogP contribution in [0.25, 0.3) is 6.08 Å². The fourth-order valence-corrected chi connectivity index (χ4v) is 2.55. The third-order valence-corrected chi connectivity index (χ3v) is 3.90. The Kier molecular flexibility index (Phi) is 6.14. The van der Waals surface area contributed by atoms with Crippen molar-refractivity contribution in [3.63, 3.8) is 0 Å². The molecule has 3 rings (SSSR count). The van der Waals surface area contributed by atoms with E-state index >= 15 is 0 Å². The van der Waals surface area contributed by atoms with E-state index in [-0.39, 0.29) is 5.91 Å². The number of carbonyl (C=O) groups is 1. The number of ether oxygens (including phenoxy) is 3. The Bertz CT molecular complexity index is 785. The maximum Gasteiger partial charge on any atom is 0.248 e. The molecule has 0 saturated heterocycles. The van der Waals surface area contributed by atoms with Crippen LogP contribution in [0.1, 0.15) is 25.3 Å². The highest BCUT2D eigenvalue weighted by molar-refractivity contribution is 6.02. The molecule has 136 valence electrons. The molecule has 5 heteroatoms. The lowest BCUT2D eigenvalue weighted by Gasteiger charge is -2.18. The van der Waals surface area contributed by atoms with Crippen LogP contribution in [0.2, 0.25) is 0 Å². The van der Waals surface area contributed by atoms with Crippen molar-refractivity contribution in [2.24, 2.45) is 0 Å². The second kappa shape index (κ2) is 8.94. The summed E-state index contributed by atoms with van der Waals surface area (Å²) in [6, 6.07) is 13.0. The molecule has 0 unspecified atom stereocenters. The summed E-state index contributed by atoms with van der Waals surface area (Å²) < 4.78 is 16.8. The normalized spacial score (nSPS) is 12.8. The second-order valence-corrected chi connectivity index (χ2v) is 5.92. The number of anilines is 1. The molecule has 5 nitrogen and oxygen atoms in total. The van der Waals surface area contributed by atoms with Gasteiger partial charge in [0.2, 0.25) is 5.91 Å². The first-order valence-corrected chi connectivity index (χ1v) is 8.87. The lowest BCUT2D eigenvalue weighted by atomic mass is 10.2. The number of fused-ring (bicyclic) bond motifs is 1. The average molecular weight is 353 g/mol. The summed E-state index contributed by atoms with van der Waals surface area (Å²) in [5.41, 5.74) is 1.54. The highest BCUT2D eigenvalue weighted by Gasteiger charge is 2.12. The molecular formula is C21H23NO4. The number of amides is 1. The van der Waals surface area contributed by atoms with E-state index in [0.29, 0.717) is 37.0 Å². The van der Waals surface area contributed by atoms with E-state index < -0.39 is 0 Å². The van der Waals surface area contributed by atoms with Crippen molar-refractivity contribution in [1.82, 2.24) is 0 Å². The number of carbonyl (C=O) groups excluding carboxylic acids is 1. The Morgan fingerprint density at radius 2 is 1.96 bits per heavy atom. The Balaban J connectivity index is 1.63. The standard InChI is InChI=1S/C21H23NO4/c1-2-3-12-24-18-7-5-4-6-16(18)8-11-21(23)22-17-9-10-19-20(15-17)26-14-13-25-19/h4-11,15H,2-3,12-14H2,1H3,(H,22,23). The summed E-state index contributed by atoms with van der Waals surface area (Å²) in [6.45, 7) is 3.85. The largest absolute Gasteiger partial charge is 0.493 e. The third kappa shape index (κ3) is 4.79. The SMILES string of the molecule is CCCCOc1ccccc1C=CC(=O)Nc1ccc2c(c1)OCCO2. The molecule has 1 heterocycles. The van der Waals surface area contributed by atoms with Gasteiger partial charge in [-0.05, 0) is 30.7 Å². The molecule has 0 aliphatic carbocycles. The van der Waals surface area contributed by atoms with Crippen molar-refractivity contribution in [1.29, 1.82) is 0 Å². The van der Waals surface area contributed by atoms with Crippen LogP contribution >= 0.6 is 0 Å². The molecule has 0 bridgehead atoms. The van der Waals surface area contributed by atoms with Crippen molar-refractivity contribution >= 4 is 17.7 Å². The molecule has 0 atom stereocenters.